The Bertz CT molecular complexity index is 1040. The standard InChI is InChI=1S/C17H17NO6S/c1-10-13-3-2-12(19)8-15(13)24-17(21)14(10)4-5-16(20)18-11-6-7-25(22,23)9-11/h2-3,6-8,11,19H,4-5,9H2,1H3,(H,18,20)/t11-/m0/s1. The molecule has 0 aliphatic carbocycles. The molecule has 1 aliphatic heterocycles. The summed E-state index contributed by atoms with van der Waals surface area (Å²) in [5, 5.41) is 13.9. The molecule has 1 amide bonds. The van der Waals surface area contributed by atoms with Crippen molar-refractivity contribution in [3.05, 3.63) is 51.2 Å². The fraction of sp³-hybridized carbons (Fsp3) is 0.294. The van der Waals surface area contributed by atoms with Crippen LogP contribution in [0.2, 0.25) is 0 Å². The number of fused-ring (bicyclic) bond motifs is 1. The van der Waals surface area contributed by atoms with Crippen molar-refractivity contribution in [1.29, 1.82) is 0 Å². The third-order valence-corrected chi connectivity index (χ3v) is 5.54. The van der Waals surface area contributed by atoms with Gasteiger partial charge in [-0.2, -0.15) is 0 Å². The molecule has 1 aromatic heterocycles. The molecule has 8 heteroatoms. The van der Waals surface area contributed by atoms with Gasteiger partial charge in [0.05, 0.1) is 11.8 Å². The summed E-state index contributed by atoms with van der Waals surface area (Å²) in [6, 6.07) is 3.99. The summed E-state index contributed by atoms with van der Waals surface area (Å²) in [5.41, 5.74) is 0.828. The highest BCUT2D eigenvalue weighted by molar-refractivity contribution is 7.94. The zero-order valence-corrected chi connectivity index (χ0v) is 14.3. The monoisotopic (exact) mass is 363 g/mol. The highest BCUT2D eigenvalue weighted by Gasteiger charge is 2.23. The smallest absolute Gasteiger partial charge is 0.339 e. The van der Waals surface area contributed by atoms with Gasteiger partial charge in [0.2, 0.25) is 5.91 Å². The Hall–Kier alpha value is -2.61. The number of aryl methyl sites for hydroxylation is 1. The number of carbonyl (C=O) groups excluding carboxylic acids is 1. The van der Waals surface area contributed by atoms with Gasteiger partial charge in [-0.15, -0.1) is 0 Å². The number of nitrogens with one attached hydrogen (secondary N) is 1. The fourth-order valence-electron chi connectivity index (χ4n) is 2.86. The molecule has 1 aliphatic rings. The predicted octanol–water partition coefficient (Wildman–Crippen LogP) is 1.17. The Labute approximate surface area is 143 Å². The Morgan fingerprint density at radius 1 is 1.40 bits per heavy atom. The Morgan fingerprint density at radius 3 is 2.84 bits per heavy atom. The van der Waals surface area contributed by atoms with Crippen molar-refractivity contribution in [1.82, 2.24) is 5.32 Å². The third kappa shape index (κ3) is 3.74. The first-order valence-corrected chi connectivity index (χ1v) is 9.42. The van der Waals surface area contributed by atoms with E-state index in [2.05, 4.69) is 5.32 Å². The molecule has 0 saturated heterocycles. The summed E-state index contributed by atoms with van der Waals surface area (Å²) in [5.74, 6) is -0.475. The maximum atomic E-state index is 12.1. The lowest BCUT2D eigenvalue weighted by atomic mass is 10.0. The maximum absolute atomic E-state index is 12.1. The van der Waals surface area contributed by atoms with Crippen molar-refractivity contribution in [3.8, 4) is 5.75 Å². The fourth-order valence-corrected chi connectivity index (χ4v) is 4.09. The second kappa shape index (κ2) is 6.36. The van der Waals surface area contributed by atoms with E-state index in [4.69, 9.17) is 4.42 Å². The van der Waals surface area contributed by atoms with E-state index in [1.54, 1.807) is 13.0 Å². The number of phenolic OH excluding ortho intramolecular Hbond substituents is 1. The molecule has 25 heavy (non-hydrogen) atoms. The molecule has 2 heterocycles. The van der Waals surface area contributed by atoms with Crippen molar-refractivity contribution in [2.24, 2.45) is 0 Å². The molecule has 1 aromatic carbocycles. The topological polar surface area (TPSA) is 114 Å². The molecule has 132 valence electrons. The van der Waals surface area contributed by atoms with Gasteiger partial charge in [-0.05, 0) is 37.1 Å². The average Bonchev–Trinajstić information content (AvgIpc) is 2.85. The molecule has 0 spiro atoms. The number of benzene rings is 1. The Morgan fingerprint density at radius 2 is 2.16 bits per heavy atom. The number of hydrogen-bond acceptors (Lipinski definition) is 6. The Kier molecular flexibility index (Phi) is 4.38. The molecule has 1 atom stereocenters. The predicted molar refractivity (Wildman–Crippen MR) is 92.1 cm³/mol. The van der Waals surface area contributed by atoms with Crippen molar-refractivity contribution in [2.75, 3.05) is 5.75 Å². The van der Waals surface area contributed by atoms with E-state index in [0.29, 0.717) is 16.5 Å². The van der Waals surface area contributed by atoms with Crippen LogP contribution in [0, 0.1) is 6.92 Å². The third-order valence-electron chi connectivity index (χ3n) is 4.15. The highest BCUT2D eigenvalue weighted by atomic mass is 32.2. The van der Waals surface area contributed by atoms with Gasteiger partial charge < -0.3 is 14.8 Å². The van der Waals surface area contributed by atoms with Crippen LogP contribution in [0.1, 0.15) is 17.5 Å². The average molecular weight is 363 g/mol. The van der Waals surface area contributed by atoms with Crippen LogP contribution in [0.3, 0.4) is 0 Å². The Balaban J connectivity index is 1.73. The van der Waals surface area contributed by atoms with Gasteiger partial charge in [0, 0.05) is 28.8 Å². The molecular weight excluding hydrogens is 346 g/mol. The lowest BCUT2D eigenvalue weighted by molar-refractivity contribution is -0.121. The second-order valence-electron chi connectivity index (χ2n) is 6.01. The van der Waals surface area contributed by atoms with E-state index in [1.807, 2.05) is 0 Å². The quantitative estimate of drug-likeness (QED) is 0.788. The first-order valence-electron chi connectivity index (χ1n) is 7.71. The molecule has 2 aromatic rings. The van der Waals surface area contributed by atoms with E-state index in [0.717, 1.165) is 5.41 Å². The zero-order valence-electron chi connectivity index (χ0n) is 13.5. The summed E-state index contributed by atoms with van der Waals surface area (Å²) in [6.07, 6.45) is 1.66. The van der Waals surface area contributed by atoms with Gasteiger partial charge in [-0.25, -0.2) is 13.2 Å². The van der Waals surface area contributed by atoms with E-state index < -0.39 is 21.5 Å². The molecular formula is C17H17NO6S. The highest BCUT2D eigenvalue weighted by Crippen LogP contribution is 2.23. The van der Waals surface area contributed by atoms with Crippen LogP contribution >= 0.6 is 0 Å². The van der Waals surface area contributed by atoms with Crippen LogP contribution in [-0.4, -0.2) is 31.2 Å². The molecule has 0 unspecified atom stereocenters. The van der Waals surface area contributed by atoms with Crippen molar-refractivity contribution in [2.45, 2.75) is 25.8 Å². The minimum atomic E-state index is -3.23. The number of amides is 1. The summed E-state index contributed by atoms with van der Waals surface area (Å²) in [6.45, 7) is 1.76. The number of hydrogen-bond donors (Lipinski definition) is 2. The molecule has 0 fully saturated rings. The normalized spacial score (nSPS) is 18.5. The van der Waals surface area contributed by atoms with Gasteiger partial charge in [-0.1, -0.05) is 0 Å². The molecule has 7 nitrogen and oxygen atoms in total. The van der Waals surface area contributed by atoms with Crippen LogP contribution < -0.4 is 10.9 Å². The number of sulfone groups is 1. The zero-order chi connectivity index (χ0) is 18.2. The first-order chi connectivity index (χ1) is 11.7. The van der Waals surface area contributed by atoms with E-state index in [1.165, 1.54) is 18.2 Å². The van der Waals surface area contributed by atoms with Crippen LogP contribution in [0.15, 0.2) is 38.9 Å². The largest absolute Gasteiger partial charge is 0.508 e. The molecule has 0 bridgehead atoms. The second-order valence-corrected chi connectivity index (χ2v) is 7.94. The van der Waals surface area contributed by atoms with Crippen LogP contribution in [0.4, 0.5) is 0 Å². The summed E-state index contributed by atoms with van der Waals surface area (Å²) < 4.78 is 27.9. The molecule has 3 rings (SSSR count). The number of phenols is 1. The maximum Gasteiger partial charge on any atom is 0.339 e. The van der Waals surface area contributed by atoms with Crippen LogP contribution in [-0.2, 0) is 21.1 Å². The minimum absolute atomic E-state index is 0.00162. The molecule has 0 radical (unpaired) electrons. The van der Waals surface area contributed by atoms with Gasteiger partial charge in [-0.3, -0.25) is 4.79 Å². The van der Waals surface area contributed by atoms with Gasteiger partial charge >= 0.3 is 5.63 Å². The summed E-state index contributed by atoms with van der Waals surface area (Å²) in [7, 11) is -3.23. The molecule has 2 N–H and O–H groups in total. The van der Waals surface area contributed by atoms with Gasteiger partial charge in [0.25, 0.3) is 0 Å². The number of carbonyl (C=O) groups is 1. The first kappa shape index (κ1) is 17.2. The van der Waals surface area contributed by atoms with E-state index in [-0.39, 0.29) is 35.8 Å². The number of aromatic hydroxyl groups is 1. The number of rotatable bonds is 4. The molecule has 0 saturated carbocycles. The lowest BCUT2D eigenvalue weighted by Gasteiger charge is -2.11. The van der Waals surface area contributed by atoms with E-state index >= 15 is 0 Å². The lowest BCUT2D eigenvalue weighted by Crippen LogP contribution is -2.35. The van der Waals surface area contributed by atoms with Crippen molar-refractivity contribution >= 4 is 26.7 Å². The van der Waals surface area contributed by atoms with Crippen LogP contribution in [0.25, 0.3) is 11.0 Å². The van der Waals surface area contributed by atoms with E-state index in [9.17, 15) is 23.1 Å². The summed E-state index contributed by atoms with van der Waals surface area (Å²) in [4.78, 5) is 24.1. The van der Waals surface area contributed by atoms with Crippen molar-refractivity contribution < 1.29 is 22.7 Å². The van der Waals surface area contributed by atoms with Crippen LogP contribution in [0.5, 0.6) is 5.75 Å². The van der Waals surface area contributed by atoms with Crippen molar-refractivity contribution in [3.63, 3.8) is 0 Å². The van der Waals surface area contributed by atoms with Gasteiger partial charge in [0.1, 0.15) is 11.3 Å². The minimum Gasteiger partial charge on any atom is -0.508 e. The SMILES string of the molecule is Cc1c(CCC(=O)N[C@H]2C=CS(=O)(=O)C2)c(=O)oc2cc(O)ccc12. The summed E-state index contributed by atoms with van der Waals surface area (Å²) >= 11 is 0. The van der Waals surface area contributed by atoms with Gasteiger partial charge in [0.15, 0.2) is 9.84 Å².